The molecule has 1 aliphatic rings. The van der Waals surface area contributed by atoms with E-state index in [4.69, 9.17) is 0 Å². The molecule has 20 heavy (non-hydrogen) atoms. The van der Waals surface area contributed by atoms with Gasteiger partial charge in [-0.2, -0.15) is 0 Å². The van der Waals surface area contributed by atoms with Gasteiger partial charge in [0.2, 0.25) is 0 Å². The van der Waals surface area contributed by atoms with Gasteiger partial charge in [-0.3, -0.25) is 9.69 Å². The summed E-state index contributed by atoms with van der Waals surface area (Å²) in [5, 5.41) is 0. The Hall–Kier alpha value is -1.26. The summed E-state index contributed by atoms with van der Waals surface area (Å²) in [4.78, 5) is 16.8. The van der Waals surface area contributed by atoms with E-state index in [1.807, 2.05) is 0 Å². The third-order valence-corrected chi connectivity index (χ3v) is 3.94. The maximum atomic E-state index is 13.1. The fraction of sp³-hybridized carbons (Fsp3) is 0.562. The van der Waals surface area contributed by atoms with Crippen molar-refractivity contribution < 1.29 is 9.18 Å². The number of rotatable bonds is 5. The monoisotopic (exact) mass is 278 g/mol. The highest BCUT2D eigenvalue weighted by atomic mass is 19.1. The van der Waals surface area contributed by atoms with Crippen LogP contribution >= 0.6 is 0 Å². The van der Waals surface area contributed by atoms with Gasteiger partial charge in [0.15, 0.2) is 5.78 Å². The van der Waals surface area contributed by atoms with Gasteiger partial charge in [-0.1, -0.05) is 12.1 Å². The zero-order valence-electron chi connectivity index (χ0n) is 12.3. The summed E-state index contributed by atoms with van der Waals surface area (Å²) in [6.07, 6.45) is 0.463. The fourth-order valence-electron chi connectivity index (χ4n) is 2.57. The standard InChI is InChI=1S/C16H23FN2O/c1-13(2)19-10-8-18(9-11-19)7-6-16(20)14-4-3-5-15(17)12-14/h3-5,12-13H,6-11H2,1-2H3. The highest BCUT2D eigenvalue weighted by molar-refractivity contribution is 5.96. The van der Waals surface area contributed by atoms with Crippen molar-refractivity contribution in [1.29, 1.82) is 0 Å². The molecule has 1 saturated heterocycles. The smallest absolute Gasteiger partial charge is 0.164 e. The Morgan fingerprint density at radius 1 is 1.25 bits per heavy atom. The molecule has 0 unspecified atom stereocenters. The van der Waals surface area contributed by atoms with Gasteiger partial charge < -0.3 is 4.90 Å². The van der Waals surface area contributed by atoms with Crippen LogP contribution in [0.4, 0.5) is 4.39 Å². The lowest BCUT2D eigenvalue weighted by Crippen LogP contribution is -2.49. The van der Waals surface area contributed by atoms with Gasteiger partial charge in [0.25, 0.3) is 0 Å². The van der Waals surface area contributed by atoms with Crippen LogP contribution in [0, 0.1) is 5.82 Å². The van der Waals surface area contributed by atoms with Crippen molar-refractivity contribution in [3.05, 3.63) is 35.6 Å². The van der Waals surface area contributed by atoms with Crippen LogP contribution in [0.15, 0.2) is 24.3 Å². The predicted octanol–water partition coefficient (Wildman–Crippen LogP) is 2.42. The molecule has 0 aromatic heterocycles. The Labute approximate surface area is 120 Å². The summed E-state index contributed by atoms with van der Waals surface area (Å²) >= 11 is 0. The first kappa shape index (κ1) is 15.1. The highest BCUT2D eigenvalue weighted by Gasteiger charge is 2.19. The molecule has 0 amide bonds. The number of hydrogen-bond acceptors (Lipinski definition) is 3. The number of nitrogens with zero attached hydrogens (tertiary/aromatic N) is 2. The number of Topliss-reactive ketones (excluding diaryl/α,β-unsaturated/α-hetero) is 1. The first-order valence-electron chi connectivity index (χ1n) is 7.31. The molecule has 3 nitrogen and oxygen atoms in total. The molecular formula is C16H23FN2O. The average molecular weight is 278 g/mol. The Morgan fingerprint density at radius 2 is 1.95 bits per heavy atom. The maximum absolute atomic E-state index is 13.1. The predicted molar refractivity (Wildman–Crippen MR) is 78.5 cm³/mol. The molecule has 1 aromatic rings. The lowest BCUT2D eigenvalue weighted by atomic mass is 10.1. The van der Waals surface area contributed by atoms with E-state index < -0.39 is 0 Å². The molecule has 0 saturated carbocycles. The van der Waals surface area contributed by atoms with Gasteiger partial charge in [-0.15, -0.1) is 0 Å². The van der Waals surface area contributed by atoms with Gasteiger partial charge in [-0.25, -0.2) is 4.39 Å². The average Bonchev–Trinajstić information content (AvgIpc) is 2.45. The van der Waals surface area contributed by atoms with Crippen LogP contribution in [0.1, 0.15) is 30.6 Å². The van der Waals surface area contributed by atoms with E-state index in [0.717, 1.165) is 32.7 Å². The van der Waals surface area contributed by atoms with Crippen molar-refractivity contribution in [2.24, 2.45) is 0 Å². The number of halogens is 1. The third-order valence-electron chi connectivity index (χ3n) is 3.94. The lowest BCUT2D eigenvalue weighted by Gasteiger charge is -2.36. The lowest BCUT2D eigenvalue weighted by molar-refractivity contribution is 0.0890. The Morgan fingerprint density at radius 3 is 2.55 bits per heavy atom. The minimum absolute atomic E-state index is 0.0239. The Kier molecular flexibility index (Phi) is 5.26. The van der Waals surface area contributed by atoms with E-state index in [9.17, 15) is 9.18 Å². The molecule has 0 aliphatic carbocycles. The van der Waals surface area contributed by atoms with Gasteiger partial charge in [-0.05, 0) is 26.0 Å². The number of hydrogen-bond donors (Lipinski definition) is 0. The van der Waals surface area contributed by atoms with Gasteiger partial charge >= 0.3 is 0 Å². The van der Waals surface area contributed by atoms with Crippen LogP contribution in [0.2, 0.25) is 0 Å². The molecule has 0 radical (unpaired) electrons. The number of benzene rings is 1. The van der Waals surface area contributed by atoms with E-state index in [0.29, 0.717) is 18.0 Å². The summed E-state index contributed by atoms with van der Waals surface area (Å²) in [6, 6.07) is 6.54. The molecule has 2 rings (SSSR count). The van der Waals surface area contributed by atoms with Crippen LogP contribution in [0.5, 0.6) is 0 Å². The summed E-state index contributed by atoms with van der Waals surface area (Å²) in [6.45, 7) is 9.33. The summed E-state index contributed by atoms with van der Waals surface area (Å²) in [5.41, 5.74) is 0.478. The molecule has 1 fully saturated rings. The summed E-state index contributed by atoms with van der Waals surface area (Å²) < 4.78 is 13.1. The molecule has 0 bridgehead atoms. The second-order valence-corrected chi connectivity index (χ2v) is 5.65. The van der Waals surface area contributed by atoms with Gasteiger partial charge in [0, 0.05) is 50.7 Å². The topological polar surface area (TPSA) is 23.6 Å². The molecule has 1 aromatic carbocycles. The van der Waals surface area contributed by atoms with E-state index in [1.165, 1.54) is 12.1 Å². The summed E-state index contributed by atoms with van der Waals surface area (Å²) in [7, 11) is 0. The van der Waals surface area contributed by atoms with Crippen molar-refractivity contribution in [1.82, 2.24) is 9.80 Å². The van der Waals surface area contributed by atoms with Gasteiger partial charge in [0.05, 0.1) is 0 Å². The van der Waals surface area contributed by atoms with Crippen LogP contribution in [0.3, 0.4) is 0 Å². The number of piperazine rings is 1. The number of carbonyl (C=O) groups excluding carboxylic acids is 1. The van der Waals surface area contributed by atoms with Gasteiger partial charge in [0.1, 0.15) is 5.82 Å². The van der Waals surface area contributed by atoms with Crippen LogP contribution in [-0.4, -0.2) is 54.3 Å². The van der Waals surface area contributed by atoms with Crippen molar-refractivity contribution in [2.45, 2.75) is 26.3 Å². The summed E-state index contributed by atoms with van der Waals surface area (Å²) in [5.74, 6) is -0.322. The first-order chi connectivity index (χ1) is 9.56. The first-order valence-corrected chi connectivity index (χ1v) is 7.31. The van der Waals surface area contributed by atoms with Crippen molar-refractivity contribution >= 4 is 5.78 Å². The Balaban J connectivity index is 1.77. The molecule has 0 atom stereocenters. The molecular weight excluding hydrogens is 255 g/mol. The molecule has 1 aliphatic heterocycles. The van der Waals surface area contributed by atoms with Crippen molar-refractivity contribution in [3.63, 3.8) is 0 Å². The zero-order valence-corrected chi connectivity index (χ0v) is 12.3. The molecule has 0 N–H and O–H groups in total. The third kappa shape index (κ3) is 4.12. The largest absolute Gasteiger partial charge is 0.300 e. The molecule has 4 heteroatoms. The maximum Gasteiger partial charge on any atom is 0.164 e. The van der Waals surface area contributed by atoms with Crippen molar-refractivity contribution in [2.75, 3.05) is 32.7 Å². The highest BCUT2D eigenvalue weighted by Crippen LogP contribution is 2.09. The van der Waals surface area contributed by atoms with Crippen LogP contribution in [-0.2, 0) is 0 Å². The number of carbonyl (C=O) groups is 1. The zero-order chi connectivity index (χ0) is 14.5. The van der Waals surface area contributed by atoms with E-state index >= 15 is 0 Å². The van der Waals surface area contributed by atoms with Crippen molar-refractivity contribution in [3.8, 4) is 0 Å². The minimum atomic E-state index is -0.346. The number of ketones is 1. The van der Waals surface area contributed by atoms with Crippen LogP contribution in [0.25, 0.3) is 0 Å². The normalized spacial score (nSPS) is 17.6. The quantitative estimate of drug-likeness (QED) is 0.773. The second-order valence-electron chi connectivity index (χ2n) is 5.65. The second kappa shape index (κ2) is 6.95. The fourth-order valence-corrected chi connectivity index (χ4v) is 2.57. The van der Waals surface area contributed by atoms with E-state index in [2.05, 4.69) is 23.6 Å². The molecule has 110 valence electrons. The Bertz CT molecular complexity index is 454. The van der Waals surface area contributed by atoms with E-state index in [1.54, 1.807) is 12.1 Å². The van der Waals surface area contributed by atoms with E-state index in [-0.39, 0.29) is 11.6 Å². The molecule has 0 spiro atoms. The SMILES string of the molecule is CC(C)N1CCN(CCC(=O)c2cccc(F)c2)CC1. The van der Waals surface area contributed by atoms with Crippen LogP contribution < -0.4 is 0 Å². The molecule has 1 heterocycles. The minimum Gasteiger partial charge on any atom is -0.300 e.